The van der Waals surface area contributed by atoms with Crippen molar-refractivity contribution in [1.82, 2.24) is 14.5 Å². The molecule has 0 atom stereocenters. The smallest absolute Gasteiger partial charge is 0.277 e. The van der Waals surface area contributed by atoms with Crippen LogP contribution < -0.4 is 10.3 Å². The highest BCUT2D eigenvalue weighted by atomic mass is 127. The number of allylic oxidation sites excluding steroid dienone is 1. The van der Waals surface area contributed by atoms with Crippen LogP contribution in [0.25, 0.3) is 5.69 Å². The van der Waals surface area contributed by atoms with Crippen LogP contribution in [0.3, 0.4) is 0 Å². The largest absolute Gasteiger partial charge is 0.485 e. The highest BCUT2D eigenvalue weighted by Gasteiger charge is 2.18. The van der Waals surface area contributed by atoms with Gasteiger partial charge >= 0.3 is 0 Å². The minimum absolute atomic E-state index is 0.0294. The van der Waals surface area contributed by atoms with Crippen LogP contribution >= 0.6 is 34.2 Å². The summed E-state index contributed by atoms with van der Waals surface area (Å²) < 4.78 is 35.2. The van der Waals surface area contributed by atoms with E-state index in [-0.39, 0.29) is 34.6 Å². The number of halogens is 4. The molecule has 0 N–H and O–H groups in total. The van der Waals surface area contributed by atoms with Crippen molar-refractivity contribution >= 4 is 40.0 Å². The van der Waals surface area contributed by atoms with Crippen molar-refractivity contribution in [3.8, 4) is 11.4 Å². The fraction of sp³-hybridized carbons (Fsp3) is 0.143. The predicted octanol–water partition coefficient (Wildman–Crippen LogP) is 4.89. The molecule has 31 heavy (non-hydrogen) atoms. The Morgan fingerprint density at radius 2 is 1.97 bits per heavy atom. The summed E-state index contributed by atoms with van der Waals surface area (Å²) in [6.07, 6.45) is 3.73. The Bertz CT molecular complexity index is 1260. The van der Waals surface area contributed by atoms with E-state index in [0.717, 1.165) is 6.20 Å². The van der Waals surface area contributed by atoms with Gasteiger partial charge in [0.15, 0.2) is 5.82 Å². The Hall–Kier alpha value is -2.66. The van der Waals surface area contributed by atoms with E-state index in [2.05, 4.69) is 9.97 Å². The molecule has 10 heteroatoms. The summed E-state index contributed by atoms with van der Waals surface area (Å²) in [6.45, 7) is 3.07. The monoisotopic (exact) mass is 557 g/mol. The van der Waals surface area contributed by atoms with Crippen molar-refractivity contribution in [3.05, 3.63) is 90.4 Å². The highest BCUT2D eigenvalue weighted by Crippen LogP contribution is 2.26. The van der Waals surface area contributed by atoms with E-state index in [1.54, 1.807) is 17.9 Å². The summed E-state index contributed by atoms with van der Waals surface area (Å²) in [7, 11) is 0. The zero-order valence-corrected chi connectivity index (χ0v) is 19.2. The Labute approximate surface area is 194 Å². The van der Waals surface area contributed by atoms with Gasteiger partial charge in [0.05, 0.1) is 11.9 Å². The molecule has 0 aliphatic rings. The molecule has 0 amide bonds. The Kier molecular flexibility index (Phi) is 7.16. The number of carbonyl (C=O) groups excluding carboxylic acids is 1. The molecular weight excluding hydrogens is 543 g/mol. The summed E-state index contributed by atoms with van der Waals surface area (Å²) in [5, 5.41) is -0.232. The second-order valence-electron chi connectivity index (χ2n) is 6.49. The maximum atomic E-state index is 13.8. The van der Waals surface area contributed by atoms with Crippen LogP contribution in [-0.4, -0.2) is 20.3 Å². The number of aromatic nitrogens is 3. The van der Waals surface area contributed by atoms with Gasteiger partial charge in [-0.15, -0.1) is 0 Å². The maximum Gasteiger partial charge on any atom is 0.277 e. The predicted molar refractivity (Wildman–Crippen MR) is 120 cm³/mol. The van der Waals surface area contributed by atoms with Gasteiger partial charge in [-0.3, -0.25) is 24.1 Å². The molecule has 0 aromatic carbocycles. The maximum absolute atomic E-state index is 13.8. The average molecular weight is 558 g/mol. The van der Waals surface area contributed by atoms with E-state index in [0.29, 0.717) is 23.0 Å². The minimum atomic E-state index is -0.869. The molecule has 0 unspecified atom stereocenters. The van der Waals surface area contributed by atoms with Crippen molar-refractivity contribution in [3.63, 3.8) is 0 Å². The van der Waals surface area contributed by atoms with Crippen molar-refractivity contribution in [2.75, 3.05) is 0 Å². The van der Waals surface area contributed by atoms with Gasteiger partial charge in [-0.2, -0.15) is 0 Å². The molecule has 0 fully saturated rings. The number of aryl methyl sites for hydroxylation is 2. The van der Waals surface area contributed by atoms with Crippen LogP contribution in [0.2, 0.25) is 5.02 Å². The van der Waals surface area contributed by atoms with Gasteiger partial charge < -0.3 is 4.74 Å². The summed E-state index contributed by atoms with van der Waals surface area (Å²) >= 11 is 8.16. The van der Waals surface area contributed by atoms with Crippen LogP contribution in [0.15, 0.2) is 45.5 Å². The van der Waals surface area contributed by atoms with Crippen LogP contribution in [0, 0.1) is 25.5 Å². The summed E-state index contributed by atoms with van der Waals surface area (Å²) in [4.78, 5) is 32.9. The van der Waals surface area contributed by atoms with Gasteiger partial charge in [0.2, 0.25) is 5.78 Å². The summed E-state index contributed by atoms with van der Waals surface area (Å²) in [5.74, 6) is -1.95. The quantitative estimate of drug-likeness (QED) is 0.245. The summed E-state index contributed by atoms with van der Waals surface area (Å²) in [6, 6.07) is 3.71. The number of hydrogen-bond donors (Lipinski definition) is 0. The molecule has 3 rings (SSSR count). The van der Waals surface area contributed by atoms with Crippen LogP contribution in [-0.2, 0) is 6.61 Å². The van der Waals surface area contributed by atoms with Crippen molar-refractivity contribution in [2.45, 2.75) is 20.5 Å². The number of rotatable bonds is 6. The molecule has 0 aliphatic heterocycles. The molecule has 0 aliphatic carbocycles. The van der Waals surface area contributed by atoms with E-state index in [1.807, 2.05) is 22.6 Å². The van der Waals surface area contributed by atoms with Gasteiger partial charge in [-0.05, 0) is 35.6 Å². The highest BCUT2D eigenvalue weighted by molar-refractivity contribution is 14.1. The lowest BCUT2D eigenvalue weighted by Gasteiger charge is -2.16. The first kappa shape index (κ1) is 23.0. The van der Waals surface area contributed by atoms with Gasteiger partial charge in [-0.25, -0.2) is 8.78 Å². The molecular formula is C21H15ClF2IN3O3. The third kappa shape index (κ3) is 4.99. The molecule has 160 valence electrons. The zero-order valence-electron chi connectivity index (χ0n) is 16.3. The topological polar surface area (TPSA) is 74.1 Å². The minimum Gasteiger partial charge on any atom is -0.485 e. The lowest BCUT2D eigenvalue weighted by Crippen LogP contribution is -2.23. The van der Waals surface area contributed by atoms with Gasteiger partial charge in [0.25, 0.3) is 5.56 Å². The number of nitrogens with zero attached hydrogens (tertiary/aromatic N) is 3. The first-order valence-corrected chi connectivity index (χ1v) is 10.5. The number of pyridine rings is 3. The second kappa shape index (κ2) is 9.65. The molecule has 0 saturated carbocycles. The van der Waals surface area contributed by atoms with Crippen LogP contribution in [0.1, 0.15) is 27.4 Å². The Morgan fingerprint density at radius 1 is 1.23 bits per heavy atom. The molecule has 3 aromatic rings. The fourth-order valence-electron chi connectivity index (χ4n) is 2.81. The standard InChI is InChI=1S/C21H15ClF2IN3O3/c1-11-8-26-15(18(29)3-4-25)7-17(11)28-12(2)5-19(20(22)21(28)30)31-10-16-14(24)6-13(23)9-27-16/h3-9H,10H2,1-2H3/b4-3+. The first-order chi connectivity index (χ1) is 14.7. The Balaban J connectivity index is 2.00. The number of ketones is 1. The molecule has 0 spiro atoms. The van der Waals surface area contributed by atoms with Gasteiger partial charge in [0, 0.05) is 24.0 Å². The molecule has 6 nitrogen and oxygen atoms in total. The van der Waals surface area contributed by atoms with E-state index in [1.165, 1.54) is 29.0 Å². The van der Waals surface area contributed by atoms with Crippen molar-refractivity contribution in [2.24, 2.45) is 0 Å². The van der Waals surface area contributed by atoms with Gasteiger partial charge in [-0.1, -0.05) is 34.2 Å². The molecule has 0 bridgehead atoms. The zero-order chi connectivity index (χ0) is 22.7. The average Bonchev–Trinajstić information content (AvgIpc) is 2.72. The second-order valence-corrected chi connectivity index (χ2v) is 7.59. The van der Waals surface area contributed by atoms with Crippen molar-refractivity contribution in [1.29, 1.82) is 0 Å². The lowest BCUT2D eigenvalue weighted by atomic mass is 10.1. The van der Waals surface area contributed by atoms with E-state index >= 15 is 0 Å². The van der Waals surface area contributed by atoms with E-state index in [9.17, 15) is 18.4 Å². The fourth-order valence-corrected chi connectivity index (χ4v) is 3.33. The van der Waals surface area contributed by atoms with Crippen LogP contribution in [0.5, 0.6) is 5.75 Å². The molecule has 3 heterocycles. The third-order valence-electron chi connectivity index (χ3n) is 4.33. The molecule has 3 aromatic heterocycles. The van der Waals surface area contributed by atoms with E-state index in [4.69, 9.17) is 16.3 Å². The SMILES string of the molecule is Cc1cnc(C(=O)/C=C/I)cc1-n1c(C)cc(OCc2ncc(F)cc2F)c(Cl)c1=O. The summed E-state index contributed by atoms with van der Waals surface area (Å²) in [5.41, 5.74) is 1.03. The first-order valence-electron chi connectivity index (χ1n) is 8.86. The van der Waals surface area contributed by atoms with Crippen molar-refractivity contribution < 1.29 is 18.3 Å². The number of hydrogen-bond acceptors (Lipinski definition) is 5. The molecule has 0 saturated heterocycles. The normalized spacial score (nSPS) is 11.2. The molecule has 0 radical (unpaired) electrons. The Morgan fingerprint density at radius 3 is 2.65 bits per heavy atom. The van der Waals surface area contributed by atoms with Gasteiger partial charge in [0.1, 0.15) is 34.6 Å². The number of ether oxygens (including phenoxy) is 1. The lowest BCUT2D eigenvalue weighted by molar-refractivity contribution is 0.104. The van der Waals surface area contributed by atoms with E-state index < -0.39 is 17.2 Å². The number of carbonyl (C=O) groups is 1. The van der Waals surface area contributed by atoms with Crippen LogP contribution in [0.4, 0.5) is 8.78 Å². The third-order valence-corrected chi connectivity index (χ3v) is 5.04.